The number of amides is 1. The van der Waals surface area contributed by atoms with E-state index in [2.05, 4.69) is 48.5 Å². The second-order valence-corrected chi connectivity index (χ2v) is 10.4. The molecule has 0 fully saturated rings. The highest BCUT2D eigenvalue weighted by Gasteiger charge is 2.05. The van der Waals surface area contributed by atoms with Gasteiger partial charge in [-0.2, -0.15) is 0 Å². The van der Waals surface area contributed by atoms with Crippen LogP contribution in [0.25, 0.3) is 10.9 Å². The van der Waals surface area contributed by atoms with E-state index >= 15 is 0 Å². The fourth-order valence-electron chi connectivity index (χ4n) is 4.93. The molecule has 192 valence electrons. The molecule has 0 aliphatic carbocycles. The summed E-state index contributed by atoms with van der Waals surface area (Å²) in [4.78, 5) is 15.5. The Hall–Kier alpha value is -1.77. The third kappa shape index (κ3) is 12.6. The smallest absolute Gasteiger partial charge is 0.220 e. The van der Waals surface area contributed by atoms with E-state index in [-0.39, 0.29) is 5.91 Å². The van der Waals surface area contributed by atoms with Gasteiger partial charge in [-0.25, -0.2) is 0 Å². The van der Waals surface area contributed by atoms with Gasteiger partial charge in [0.1, 0.15) is 0 Å². The highest BCUT2D eigenvalue weighted by atomic mass is 16.1. The van der Waals surface area contributed by atoms with Gasteiger partial charge < -0.3 is 10.3 Å². The molecule has 2 N–H and O–H groups in total. The van der Waals surface area contributed by atoms with E-state index in [4.69, 9.17) is 0 Å². The number of H-pyrrole nitrogens is 1. The number of benzene rings is 1. The van der Waals surface area contributed by atoms with Crippen LogP contribution in [-0.4, -0.2) is 17.4 Å². The lowest BCUT2D eigenvalue weighted by atomic mass is 10.0. The summed E-state index contributed by atoms with van der Waals surface area (Å²) in [5.74, 6) is 0.206. The highest BCUT2D eigenvalue weighted by Crippen LogP contribution is 2.20. The number of aromatic amines is 1. The molecular formula is C31H52N2O. The molecule has 1 heterocycles. The molecule has 2 rings (SSSR count). The Kier molecular flexibility index (Phi) is 15.5. The maximum atomic E-state index is 12.1. The first kappa shape index (κ1) is 28.5. The van der Waals surface area contributed by atoms with E-state index in [0.29, 0.717) is 6.42 Å². The molecule has 2 aromatic rings. The predicted octanol–water partition coefficient (Wildman–Crippen LogP) is 9.18. The molecule has 0 bridgehead atoms. The number of rotatable bonds is 21. The van der Waals surface area contributed by atoms with Crippen molar-refractivity contribution in [3.05, 3.63) is 35.5 Å². The number of hydrogen-bond acceptors (Lipinski definition) is 1. The zero-order valence-electron chi connectivity index (χ0n) is 22.4. The zero-order chi connectivity index (χ0) is 24.3. The lowest BCUT2D eigenvalue weighted by molar-refractivity contribution is -0.121. The molecule has 0 saturated heterocycles. The Morgan fingerprint density at radius 2 is 1.29 bits per heavy atom. The zero-order valence-corrected chi connectivity index (χ0v) is 22.4. The van der Waals surface area contributed by atoms with Crippen molar-refractivity contribution in [1.82, 2.24) is 10.3 Å². The van der Waals surface area contributed by atoms with Gasteiger partial charge in [0.05, 0.1) is 0 Å². The Balaban J connectivity index is 1.33. The SMILES string of the molecule is CCCCCCCCCCCCCCCCCCCC(=O)NCCc1c[nH]c2ccc(C)cc12. The summed E-state index contributed by atoms with van der Waals surface area (Å²) in [7, 11) is 0. The molecule has 3 nitrogen and oxygen atoms in total. The highest BCUT2D eigenvalue weighted by molar-refractivity contribution is 5.84. The van der Waals surface area contributed by atoms with Crippen molar-refractivity contribution in [2.75, 3.05) is 6.54 Å². The van der Waals surface area contributed by atoms with Crippen molar-refractivity contribution >= 4 is 16.8 Å². The van der Waals surface area contributed by atoms with Crippen LogP contribution in [0.2, 0.25) is 0 Å². The summed E-state index contributed by atoms with van der Waals surface area (Å²) in [5, 5.41) is 4.38. The van der Waals surface area contributed by atoms with E-state index < -0.39 is 0 Å². The number of carbonyl (C=O) groups is 1. The molecule has 1 aromatic carbocycles. The molecule has 34 heavy (non-hydrogen) atoms. The largest absolute Gasteiger partial charge is 0.361 e. The molecule has 3 heteroatoms. The normalized spacial score (nSPS) is 11.4. The summed E-state index contributed by atoms with van der Waals surface area (Å²) >= 11 is 0. The third-order valence-corrected chi connectivity index (χ3v) is 7.15. The van der Waals surface area contributed by atoms with Crippen molar-refractivity contribution < 1.29 is 4.79 Å². The van der Waals surface area contributed by atoms with E-state index in [9.17, 15) is 4.79 Å². The average molecular weight is 469 g/mol. The monoisotopic (exact) mass is 468 g/mol. The number of hydrogen-bond donors (Lipinski definition) is 2. The van der Waals surface area contributed by atoms with Gasteiger partial charge in [-0.3, -0.25) is 4.79 Å². The number of unbranched alkanes of at least 4 members (excludes halogenated alkanes) is 16. The molecule has 0 atom stereocenters. The lowest BCUT2D eigenvalue weighted by Crippen LogP contribution is -2.25. The Bertz CT molecular complexity index is 779. The van der Waals surface area contributed by atoms with Crippen molar-refractivity contribution in [3.8, 4) is 0 Å². The maximum Gasteiger partial charge on any atom is 0.220 e. The van der Waals surface area contributed by atoms with Gasteiger partial charge in [-0.05, 0) is 37.5 Å². The molecule has 0 aliphatic heterocycles. The van der Waals surface area contributed by atoms with Crippen LogP contribution in [0.15, 0.2) is 24.4 Å². The van der Waals surface area contributed by atoms with Gasteiger partial charge in [0, 0.05) is 30.1 Å². The molecule has 0 aliphatic rings. The first-order chi connectivity index (χ1) is 16.7. The van der Waals surface area contributed by atoms with Crippen LogP contribution in [-0.2, 0) is 11.2 Å². The Labute approximate surface area is 209 Å². The van der Waals surface area contributed by atoms with Crippen molar-refractivity contribution in [2.45, 2.75) is 136 Å². The standard InChI is InChI=1S/C31H52N2O/c1-3-4-5-6-7-8-9-10-11-12-13-14-15-16-17-18-19-20-31(34)32-24-23-28-26-33-30-22-21-27(2)25-29(28)30/h21-22,25-26,33H,3-20,23-24H2,1-2H3,(H,32,34). The van der Waals surface area contributed by atoms with Crippen LogP contribution in [0.5, 0.6) is 0 Å². The van der Waals surface area contributed by atoms with Crippen LogP contribution in [0.4, 0.5) is 0 Å². The van der Waals surface area contributed by atoms with Gasteiger partial charge in [0.15, 0.2) is 0 Å². The quantitative estimate of drug-likeness (QED) is 0.176. The summed E-state index contributed by atoms with van der Waals surface area (Å²) < 4.78 is 0. The fourth-order valence-corrected chi connectivity index (χ4v) is 4.93. The number of aryl methyl sites for hydroxylation is 1. The molecule has 1 amide bonds. The minimum Gasteiger partial charge on any atom is -0.361 e. The van der Waals surface area contributed by atoms with Crippen LogP contribution >= 0.6 is 0 Å². The van der Waals surface area contributed by atoms with E-state index in [1.54, 1.807) is 0 Å². The van der Waals surface area contributed by atoms with Crippen LogP contribution in [0.3, 0.4) is 0 Å². The average Bonchev–Trinajstić information content (AvgIpc) is 3.23. The van der Waals surface area contributed by atoms with Gasteiger partial charge in [0.2, 0.25) is 5.91 Å². The van der Waals surface area contributed by atoms with Crippen molar-refractivity contribution in [2.24, 2.45) is 0 Å². The fraction of sp³-hybridized carbons (Fsp3) is 0.710. The lowest BCUT2D eigenvalue weighted by Gasteiger charge is -2.06. The number of fused-ring (bicyclic) bond motifs is 1. The first-order valence-electron chi connectivity index (χ1n) is 14.5. The second kappa shape index (κ2) is 18.5. The Morgan fingerprint density at radius 1 is 0.765 bits per heavy atom. The molecular weight excluding hydrogens is 416 g/mol. The van der Waals surface area contributed by atoms with Gasteiger partial charge in [-0.1, -0.05) is 121 Å². The molecule has 0 radical (unpaired) electrons. The van der Waals surface area contributed by atoms with E-state index in [1.165, 1.54) is 125 Å². The first-order valence-corrected chi connectivity index (χ1v) is 14.5. The molecule has 0 spiro atoms. The number of carbonyl (C=O) groups excluding carboxylic acids is 1. The van der Waals surface area contributed by atoms with Gasteiger partial charge in [-0.15, -0.1) is 0 Å². The van der Waals surface area contributed by atoms with Crippen LogP contribution in [0.1, 0.15) is 134 Å². The number of nitrogens with one attached hydrogen (secondary N) is 2. The topological polar surface area (TPSA) is 44.9 Å². The minimum atomic E-state index is 0.206. The molecule has 0 saturated carbocycles. The second-order valence-electron chi connectivity index (χ2n) is 10.4. The summed E-state index contributed by atoms with van der Waals surface area (Å²) in [6, 6.07) is 6.48. The number of aromatic nitrogens is 1. The van der Waals surface area contributed by atoms with Crippen LogP contribution < -0.4 is 5.32 Å². The minimum absolute atomic E-state index is 0.206. The van der Waals surface area contributed by atoms with Crippen LogP contribution in [0, 0.1) is 6.92 Å². The molecule has 0 unspecified atom stereocenters. The molecule has 1 aromatic heterocycles. The van der Waals surface area contributed by atoms with Crippen molar-refractivity contribution in [1.29, 1.82) is 0 Å². The summed E-state index contributed by atoms with van der Waals surface area (Å²) in [5.41, 5.74) is 3.74. The van der Waals surface area contributed by atoms with Crippen molar-refractivity contribution in [3.63, 3.8) is 0 Å². The maximum absolute atomic E-state index is 12.1. The summed E-state index contributed by atoms with van der Waals surface area (Å²) in [6.45, 7) is 5.13. The third-order valence-electron chi connectivity index (χ3n) is 7.15. The van der Waals surface area contributed by atoms with Gasteiger partial charge in [0.25, 0.3) is 0 Å². The predicted molar refractivity (Wildman–Crippen MR) is 149 cm³/mol. The van der Waals surface area contributed by atoms with E-state index in [0.717, 1.165) is 19.4 Å². The summed E-state index contributed by atoms with van der Waals surface area (Å²) in [6.07, 6.45) is 26.9. The van der Waals surface area contributed by atoms with Gasteiger partial charge >= 0.3 is 0 Å². The van der Waals surface area contributed by atoms with E-state index in [1.807, 2.05) is 0 Å². The Morgan fingerprint density at radius 3 is 1.85 bits per heavy atom.